The number of hydrogen-bond acceptors (Lipinski definition) is 4. The van der Waals surface area contributed by atoms with Gasteiger partial charge in [0.15, 0.2) is 9.84 Å². The lowest BCUT2D eigenvalue weighted by Gasteiger charge is -2.15. The summed E-state index contributed by atoms with van der Waals surface area (Å²) in [6.45, 7) is 2.71. The number of aliphatic hydroxyl groups is 1. The molecule has 0 bridgehead atoms. The molecule has 1 aliphatic heterocycles. The van der Waals surface area contributed by atoms with Crippen LogP contribution in [0.2, 0.25) is 0 Å². The number of amides is 1. The Morgan fingerprint density at radius 3 is 2.62 bits per heavy atom. The predicted octanol–water partition coefficient (Wildman–Crippen LogP) is 1.20. The minimum absolute atomic E-state index is 0.0630. The van der Waals surface area contributed by atoms with E-state index < -0.39 is 15.9 Å². The summed E-state index contributed by atoms with van der Waals surface area (Å²) < 4.78 is 24.1. The fourth-order valence-electron chi connectivity index (χ4n) is 2.32. The molecule has 1 N–H and O–H groups in total. The first-order valence-electron chi connectivity index (χ1n) is 6.85. The van der Waals surface area contributed by atoms with Crippen LogP contribution in [0.3, 0.4) is 0 Å². The molecular weight excluding hydrogens is 290 g/mol. The standard InChI is InChI=1S/C15H19NO4S/c1-12(17)13-7-9-16(11-13)15(18)8-10-21(19,20)14-5-3-2-4-6-14/h2-6,8,10,12-13,17H,7,9,11H2,1H3/b10-8+. The Labute approximate surface area is 124 Å². The minimum Gasteiger partial charge on any atom is -0.393 e. The molecule has 114 valence electrons. The molecule has 0 aliphatic carbocycles. The van der Waals surface area contributed by atoms with Gasteiger partial charge in [-0.3, -0.25) is 4.79 Å². The van der Waals surface area contributed by atoms with E-state index in [0.29, 0.717) is 13.1 Å². The van der Waals surface area contributed by atoms with Crippen LogP contribution in [0.4, 0.5) is 0 Å². The van der Waals surface area contributed by atoms with Crippen molar-refractivity contribution >= 4 is 15.7 Å². The third-order valence-electron chi connectivity index (χ3n) is 3.68. The molecule has 1 aromatic carbocycles. The van der Waals surface area contributed by atoms with Gasteiger partial charge in [0.25, 0.3) is 0 Å². The van der Waals surface area contributed by atoms with E-state index in [-0.39, 0.29) is 16.7 Å². The van der Waals surface area contributed by atoms with Gasteiger partial charge in [-0.1, -0.05) is 18.2 Å². The van der Waals surface area contributed by atoms with Crippen LogP contribution in [-0.2, 0) is 14.6 Å². The first-order chi connectivity index (χ1) is 9.90. The fourth-order valence-corrected chi connectivity index (χ4v) is 3.31. The number of carbonyl (C=O) groups is 1. The monoisotopic (exact) mass is 309 g/mol. The summed E-state index contributed by atoms with van der Waals surface area (Å²) >= 11 is 0. The van der Waals surface area contributed by atoms with Crippen molar-refractivity contribution in [2.24, 2.45) is 5.92 Å². The number of rotatable bonds is 4. The van der Waals surface area contributed by atoms with E-state index in [1.807, 2.05) is 0 Å². The van der Waals surface area contributed by atoms with Crippen LogP contribution in [0.15, 0.2) is 46.7 Å². The van der Waals surface area contributed by atoms with Gasteiger partial charge in [-0.2, -0.15) is 0 Å². The maximum absolute atomic E-state index is 12.0. The van der Waals surface area contributed by atoms with E-state index in [9.17, 15) is 18.3 Å². The third kappa shape index (κ3) is 3.92. The molecule has 0 saturated carbocycles. The average Bonchev–Trinajstić information content (AvgIpc) is 2.96. The molecular formula is C15H19NO4S. The second-order valence-electron chi connectivity index (χ2n) is 5.23. The summed E-state index contributed by atoms with van der Waals surface area (Å²) in [5.74, 6) is -0.272. The Morgan fingerprint density at radius 1 is 1.38 bits per heavy atom. The Bertz CT molecular complexity index is 622. The number of nitrogens with zero attached hydrogens (tertiary/aromatic N) is 1. The molecule has 2 rings (SSSR count). The molecule has 0 aromatic heterocycles. The first kappa shape index (κ1) is 15.7. The summed E-state index contributed by atoms with van der Waals surface area (Å²) in [5.41, 5.74) is 0. The quantitative estimate of drug-likeness (QED) is 0.848. The Kier molecular flexibility index (Phi) is 4.80. The molecule has 1 heterocycles. The van der Waals surface area contributed by atoms with Gasteiger partial charge in [-0.05, 0) is 25.5 Å². The Hall–Kier alpha value is -1.66. The Balaban J connectivity index is 2.03. The normalized spacial score (nSPS) is 20.9. The van der Waals surface area contributed by atoms with E-state index in [1.54, 1.807) is 30.0 Å². The van der Waals surface area contributed by atoms with Gasteiger partial charge in [-0.15, -0.1) is 0 Å². The van der Waals surface area contributed by atoms with Gasteiger partial charge in [-0.25, -0.2) is 8.42 Å². The van der Waals surface area contributed by atoms with E-state index in [2.05, 4.69) is 0 Å². The van der Waals surface area contributed by atoms with Crippen LogP contribution in [0.25, 0.3) is 0 Å². The maximum Gasteiger partial charge on any atom is 0.247 e. The minimum atomic E-state index is -3.59. The Morgan fingerprint density at radius 2 is 2.05 bits per heavy atom. The molecule has 1 aliphatic rings. The molecule has 1 amide bonds. The predicted molar refractivity (Wildman–Crippen MR) is 79.1 cm³/mol. The SMILES string of the molecule is CC(O)C1CCN(C(=O)/C=C/S(=O)(=O)c2ccccc2)C1. The van der Waals surface area contributed by atoms with E-state index in [0.717, 1.165) is 17.9 Å². The van der Waals surface area contributed by atoms with Crippen molar-refractivity contribution in [1.82, 2.24) is 4.90 Å². The van der Waals surface area contributed by atoms with Crippen molar-refractivity contribution < 1.29 is 18.3 Å². The topological polar surface area (TPSA) is 74.7 Å². The van der Waals surface area contributed by atoms with Crippen molar-refractivity contribution in [3.8, 4) is 0 Å². The van der Waals surface area contributed by atoms with Crippen molar-refractivity contribution in [3.05, 3.63) is 41.8 Å². The van der Waals surface area contributed by atoms with Crippen LogP contribution in [0.1, 0.15) is 13.3 Å². The molecule has 2 unspecified atom stereocenters. The van der Waals surface area contributed by atoms with Gasteiger partial charge in [0.2, 0.25) is 5.91 Å². The van der Waals surface area contributed by atoms with Crippen LogP contribution in [0.5, 0.6) is 0 Å². The van der Waals surface area contributed by atoms with Crippen LogP contribution in [-0.4, -0.2) is 43.5 Å². The van der Waals surface area contributed by atoms with Crippen LogP contribution in [0, 0.1) is 5.92 Å². The smallest absolute Gasteiger partial charge is 0.247 e. The zero-order chi connectivity index (χ0) is 15.5. The number of hydrogen-bond donors (Lipinski definition) is 1. The van der Waals surface area contributed by atoms with Crippen molar-refractivity contribution in [1.29, 1.82) is 0 Å². The lowest BCUT2D eigenvalue weighted by atomic mass is 10.0. The van der Waals surface area contributed by atoms with Crippen molar-refractivity contribution in [2.45, 2.75) is 24.3 Å². The molecule has 1 fully saturated rings. The molecule has 1 aromatic rings. The largest absolute Gasteiger partial charge is 0.393 e. The highest BCUT2D eigenvalue weighted by molar-refractivity contribution is 7.94. The highest BCUT2D eigenvalue weighted by Gasteiger charge is 2.28. The molecule has 6 heteroatoms. The first-order valence-corrected chi connectivity index (χ1v) is 8.40. The number of aliphatic hydroxyl groups excluding tert-OH is 1. The number of carbonyl (C=O) groups excluding carboxylic acids is 1. The lowest BCUT2D eigenvalue weighted by molar-refractivity contribution is -0.125. The number of likely N-dealkylation sites (tertiary alicyclic amines) is 1. The zero-order valence-electron chi connectivity index (χ0n) is 11.8. The zero-order valence-corrected chi connectivity index (χ0v) is 12.7. The summed E-state index contributed by atoms with van der Waals surface area (Å²) in [7, 11) is -3.59. The van der Waals surface area contributed by atoms with Gasteiger partial charge in [0, 0.05) is 30.5 Å². The van der Waals surface area contributed by atoms with Crippen LogP contribution >= 0.6 is 0 Å². The highest BCUT2D eigenvalue weighted by atomic mass is 32.2. The van der Waals surface area contributed by atoms with Crippen LogP contribution < -0.4 is 0 Å². The summed E-state index contributed by atoms with van der Waals surface area (Å²) in [5, 5.41) is 10.5. The maximum atomic E-state index is 12.0. The second kappa shape index (κ2) is 6.41. The number of sulfone groups is 1. The van der Waals surface area contributed by atoms with Gasteiger partial charge >= 0.3 is 0 Å². The van der Waals surface area contributed by atoms with Gasteiger partial charge in [0.05, 0.1) is 11.0 Å². The lowest BCUT2D eigenvalue weighted by Crippen LogP contribution is -2.29. The molecule has 1 saturated heterocycles. The molecule has 0 spiro atoms. The summed E-state index contributed by atoms with van der Waals surface area (Å²) in [6, 6.07) is 7.98. The summed E-state index contributed by atoms with van der Waals surface area (Å²) in [4.78, 5) is 13.7. The van der Waals surface area contributed by atoms with Crippen molar-refractivity contribution in [2.75, 3.05) is 13.1 Å². The summed E-state index contributed by atoms with van der Waals surface area (Å²) in [6.07, 6.45) is 1.37. The molecule has 2 atom stereocenters. The third-order valence-corrected chi connectivity index (χ3v) is 5.10. The average molecular weight is 309 g/mol. The second-order valence-corrected chi connectivity index (χ2v) is 7.07. The number of benzene rings is 1. The molecule has 21 heavy (non-hydrogen) atoms. The van der Waals surface area contributed by atoms with E-state index >= 15 is 0 Å². The van der Waals surface area contributed by atoms with Crippen molar-refractivity contribution in [3.63, 3.8) is 0 Å². The van der Waals surface area contributed by atoms with E-state index in [4.69, 9.17) is 0 Å². The highest BCUT2D eigenvalue weighted by Crippen LogP contribution is 2.20. The van der Waals surface area contributed by atoms with Gasteiger partial charge in [0.1, 0.15) is 0 Å². The molecule has 5 nitrogen and oxygen atoms in total. The van der Waals surface area contributed by atoms with E-state index in [1.165, 1.54) is 12.1 Å². The fraction of sp³-hybridized carbons (Fsp3) is 0.400. The molecule has 0 radical (unpaired) electrons. The van der Waals surface area contributed by atoms with Gasteiger partial charge < -0.3 is 10.0 Å².